The van der Waals surface area contributed by atoms with Crippen LogP contribution in [0.3, 0.4) is 0 Å². The number of benzene rings is 1. The number of aldehydes is 1. The first kappa shape index (κ1) is 11.5. The van der Waals surface area contributed by atoms with E-state index < -0.39 is 7.12 Å². The minimum atomic E-state index is -1.71. The predicted octanol–water partition coefficient (Wildman–Crippen LogP) is -0.804. The van der Waals surface area contributed by atoms with Crippen LogP contribution in [-0.2, 0) is 0 Å². The number of ether oxygens (including phenoxy) is 2. The van der Waals surface area contributed by atoms with Crippen LogP contribution in [-0.4, -0.2) is 37.7 Å². The standard InChI is InChI=1S/C9H11BO5/c1-14-7-3-6(5-11)4-8(15-2)9(7)10(12)13/h3-5,12-13H,1-2H3. The fourth-order valence-corrected chi connectivity index (χ4v) is 1.28. The molecule has 80 valence electrons. The quantitative estimate of drug-likeness (QED) is 0.502. The Hall–Kier alpha value is -1.53. The van der Waals surface area contributed by atoms with Gasteiger partial charge in [-0.25, -0.2) is 0 Å². The van der Waals surface area contributed by atoms with E-state index in [4.69, 9.17) is 19.5 Å². The van der Waals surface area contributed by atoms with Crippen LogP contribution in [0.4, 0.5) is 0 Å². The lowest BCUT2D eigenvalue weighted by atomic mass is 9.78. The van der Waals surface area contributed by atoms with E-state index in [1.54, 1.807) is 0 Å². The van der Waals surface area contributed by atoms with Gasteiger partial charge in [-0.05, 0) is 12.1 Å². The summed E-state index contributed by atoms with van der Waals surface area (Å²) in [5, 5.41) is 18.2. The van der Waals surface area contributed by atoms with Gasteiger partial charge in [0.05, 0.1) is 19.7 Å². The Balaban J connectivity index is 3.39. The van der Waals surface area contributed by atoms with Crippen molar-refractivity contribution >= 4 is 18.9 Å². The summed E-state index contributed by atoms with van der Waals surface area (Å²) in [5.74, 6) is 0.401. The van der Waals surface area contributed by atoms with Gasteiger partial charge >= 0.3 is 7.12 Å². The van der Waals surface area contributed by atoms with Crippen molar-refractivity contribution in [2.75, 3.05) is 14.2 Å². The Bertz CT molecular complexity index is 339. The largest absolute Gasteiger partial charge is 0.497 e. The summed E-state index contributed by atoms with van der Waals surface area (Å²) in [5.41, 5.74) is 0.443. The maximum absolute atomic E-state index is 10.6. The monoisotopic (exact) mass is 210 g/mol. The van der Waals surface area contributed by atoms with Gasteiger partial charge in [-0.2, -0.15) is 0 Å². The molecule has 0 heterocycles. The van der Waals surface area contributed by atoms with E-state index in [2.05, 4.69) is 0 Å². The lowest BCUT2D eigenvalue weighted by Crippen LogP contribution is -2.32. The molecule has 0 amide bonds. The van der Waals surface area contributed by atoms with Crippen LogP contribution >= 0.6 is 0 Å². The van der Waals surface area contributed by atoms with E-state index in [-0.39, 0.29) is 17.0 Å². The molecule has 0 radical (unpaired) electrons. The van der Waals surface area contributed by atoms with Crippen LogP contribution in [0.2, 0.25) is 0 Å². The highest BCUT2D eigenvalue weighted by Gasteiger charge is 2.23. The lowest BCUT2D eigenvalue weighted by Gasteiger charge is -2.12. The first-order valence-electron chi connectivity index (χ1n) is 4.21. The van der Waals surface area contributed by atoms with Crippen LogP contribution in [0, 0.1) is 0 Å². The summed E-state index contributed by atoms with van der Waals surface area (Å²) >= 11 is 0. The van der Waals surface area contributed by atoms with Crippen molar-refractivity contribution in [3.8, 4) is 11.5 Å². The normalized spacial score (nSPS) is 9.60. The third-order valence-corrected chi connectivity index (χ3v) is 1.96. The number of carbonyl (C=O) groups excluding carboxylic acids is 1. The molecule has 1 aromatic rings. The molecule has 1 aromatic carbocycles. The Kier molecular flexibility index (Phi) is 3.71. The van der Waals surface area contributed by atoms with Gasteiger partial charge in [0, 0.05) is 5.56 Å². The SMILES string of the molecule is COc1cc(C=O)cc(OC)c1B(O)O. The van der Waals surface area contributed by atoms with Gasteiger partial charge in [0.15, 0.2) is 0 Å². The molecule has 0 fully saturated rings. The molecule has 0 saturated heterocycles. The molecule has 6 heteroatoms. The predicted molar refractivity (Wildman–Crippen MR) is 54.8 cm³/mol. The Morgan fingerprint density at radius 3 is 1.93 bits per heavy atom. The van der Waals surface area contributed by atoms with Crippen LogP contribution in [0.5, 0.6) is 11.5 Å². The molecule has 5 nitrogen and oxygen atoms in total. The first-order valence-corrected chi connectivity index (χ1v) is 4.21. The van der Waals surface area contributed by atoms with E-state index in [0.717, 1.165) is 0 Å². The van der Waals surface area contributed by atoms with Gasteiger partial charge in [0.25, 0.3) is 0 Å². The lowest BCUT2D eigenvalue weighted by molar-refractivity contribution is 0.112. The van der Waals surface area contributed by atoms with Gasteiger partial charge in [0.2, 0.25) is 0 Å². The first-order chi connectivity index (χ1) is 7.13. The second-order valence-corrected chi connectivity index (χ2v) is 2.83. The van der Waals surface area contributed by atoms with Crippen molar-refractivity contribution in [1.82, 2.24) is 0 Å². The van der Waals surface area contributed by atoms with E-state index in [0.29, 0.717) is 11.8 Å². The van der Waals surface area contributed by atoms with Crippen molar-refractivity contribution in [2.24, 2.45) is 0 Å². The molecule has 0 aliphatic heterocycles. The molecule has 1 rings (SSSR count). The van der Waals surface area contributed by atoms with E-state index >= 15 is 0 Å². The maximum atomic E-state index is 10.6. The van der Waals surface area contributed by atoms with Crippen LogP contribution in [0.25, 0.3) is 0 Å². The number of methoxy groups -OCH3 is 2. The molecule has 0 aliphatic rings. The average molecular weight is 210 g/mol. The molecule has 0 aliphatic carbocycles. The number of rotatable bonds is 4. The third kappa shape index (κ3) is 2.29. The van der Waals surface area contributed by atoms with Gasteiger partial charge < -0.3 is 19.5 Å². The number of hydrogen-bond donors (Lipinski definition) is 2. The third-order valence-electron chi connectivity index (χ3n) is 1.96. The van der Waals surface area contributed by atoms with Crippen LogP contribution in [0.1, 0.15) is 10.4 Å². The van der Waals surface area contributed by atoms with Crippen molar-refractivity contribution in [2.45, 2.75) is 0 Å². The molecule has 15 heavy (non-hydrogen) atoms. The van der Waals surface area contributed by atoms with Crippen molar-refractivity contribution in [3.63, 3.8) is 0 Å². The second-order valence-electron chi connectivity index (χ2n) is 2.83. The zero-order valence-electron chi connectivity index (χ0n) is 8.43. The molecule has 0 spiro atoms. The number of carbonyl (C=O) groups is 1. The average Bonchev–Trinajstić information content (AvgIpc) is 2.26. The summed E-state index contributed by atoms with van der Waals surface area (Å²) in [4.78, 5) is 10.6. The summed E-state index contributed by atoms with van der Waals surface area (Å²) in [6.07, 6.45) is 0.624. The molecule has 0 unspecified atom stereocenters. The highest BCUT2D eigenvalue weighted by molar-refractivity contribution is 6.61. The van der Waals surface area contributed by atoms with Crippen LogP contribution in [0.15, 0.2) is 12.1 Å². The van der Waals surface area contributed by atoms with E-state index in [1.807, 2.05) is 0 Å². The smallest absolute Gasteiger partial charge is 0.496 e. The minimum Gasteiger partial charge on any atom is -0.497 e. The van der Waals surface area contributed by atoms with E-state index in [1.165, 1.54) is 26.4 Å². The molecule has 0 bridgehead atoms. The molecular formula is C9H11BO5. The molecule has 0 atom stereocenters. The molecular weight excluding hydrogens is 199 g/mol. The molecule has 0 saturated carbocycles. The fraction of sp³-hybridized carbons (Fsp3) is 0.222. The Morgan fingerprint density at radius 1 is 1.20 bits per heavy atom. The minimum absolute atomic E-state index is 0.102. The molecule has 0 aromatic heterocycles. The summed E-state index contributed by atoms with van der Waals surface area (Å²) in [6, 6.07) is 2.81. The Morgan fingerprint density at radius 2 is 1.67 bits per heavy atom. The van der Waals surface area contributed by atoms with Gasteiger partial charge in [-0.3, -0.25) is 4.79 Å². The summed E-state index contributed by atoms with van der Waals surface area (Å²) in [7, 11) is 1.03. The van der Waals surface area contributed by atoms with Gasteiger partial charge in [0.1, 0.15) is 17.8 Å². The van der Waals surface area contributed by atoms with Gasteiger partial charge in [-0.15, -0.1) is 0 Å². The highest BCUT2D eigenvalue weighted by Crippen LogP contribution is 2.19. The highest BCUT2D eigenvalue weighted by atomic mass is 16.5. The molecule has 2 N–H and O–H groups in total. The summed E-state index contributed by atoms with van der Waals surface area (Å²) in [6.45, 7) is 0. The maximum Gasteiger partial charge on any atom is 0.496 e. The zero-order chi connectivity index (χ0) is 11.4. The zero-order valence-corrected chi connectivity index (χ0v) is 8.43. The summed E-state index contributed by atoms with van der Waals surface area (Å²) < 4.78 is 9.87. The van der Waals surface area contributed by atoms with Crippen molar-refractivity contribution < 1.29 is 24.3 Å². The second kappa shape index (κ2) is 4.81. The fourth-order valence-electron chi connectivity index (χ4n) is 1.28. The number of hydrogen-bond acceptors (Lipinski definition) is 5. The van der Waals surface area contributed by atoms with Crippen molar-refractivity contribution in [1.29, 1.82) is 0 Å². The van der Waals surface area contributed by atoms with E-state index in [9.17, 15) is 4.79 Å². The van der Waals surface area contributed by atoms with Gasteiger partial charge in [-0.1, -0.05) is 0 Å². The topological polar surface area (TPSA) is 76.0 Å². The van der Waals surface area contributed by atoms with Crippen molar-refractivity contribution in [3.05, 3.63) is 17.7 Å². The Labute approximate surface area is 87.4 Å². The van der Waals surface area contributed by atoms with Crippen LogP contribution < -0.4 is 14.9 Å².